The van der Waals surface area contributed by atoms with E-state index in [4.69, 9.17) is 0 Å². The molecule has 0 amide bonds. The molecule has 2 aromatic heterocycles. The highest BCUT2D eigenvalue weighted by atomic mass is 15.1. The highest BCUT2D eigenvalue weighted by Gasteiger charge is 2.08. The third kappa shape index (κ3) is 2.63. The van der Waals surface area contributed by atoms with E-state index in [0.29, 0.717) is 0 Å². The van der Waals surface area contributed by atoms with Gasteiger partial charge in [-0.25, -0.2) is 4.98 Å². The van der Waals surface area contributed by atoms with Crippen molar-refractivity contribution >= 4 is 0 Å². The average Bonchev–Trinajstić information content (AvgIpc) is 2.68. The van der Waals surface area contributed by atoms with Crippen LogP contribution >= 0.6 is 0 Å². The van der Waals surface area contributed by atoms with E-state index >= 15 is 0 Å². The second-order valence-electron chi connectivity index (χ2n) is 4.46. The first-order chi connectivity index (χ1) is 8.50. The number of hydrogen-bond acceptors (Lipinski definition) is 1. The van der Waals surface area contributed by atoms with Crippen molar-refractivity contribution in [3.8, 4) is 5.82 Å². The average molecular weight is 244 g/mol. The minimum atomic E-state index is 1.03. The lowest BCUT2D eigenvalue weighted by Gasteiger charge is -2.12. The zero-order valence-electron chi connectivity index (χ0n) is 12.6. The third-order valence-electron chi connectivity index (χ3n) is 3.26. The van der Waals surface area contributed by atoms with Crippen molar-refractivity contribution in [3.63, 3.8) is 0 Å². The van der Waals surface area contributed by atoms with Crippen LogP contribution in [0.1, 0.15) is 42.1 Å². The molecule has 2 rings (SSSR count). The highest BCUT2D eigenvalue weighted by Crippen LogP contribution is 2.18. The predicted molar refractivity (Wildman–Crippen MR) is 78.6 cm³/mol. The van der Waals surface area contributed by atoms with Gasteiger partial charge < -0.3 is 4.57 Å². The summed E-state index contributed by atoms with van der Waals surface area (Å²) >= 11 is 0. The van der Waals surface area contributed by atoms with E-state index in [-0.39, 0.29) is 0 Å². The van der Waals surface area contributed by atoms with Crippen LogP contribution in [0.5, 0.6) is 0 Å². The Balaban J connectivity index is 0.000000771. The maximum atomic E-state index is 4.66. The Morgan fingerprint density at radius 2 is 1.39 bits per heavy atom. The molecule has 2 heterocycles. The summed E-state index contributed by atoms with van der Waals surface area (Å²) in [6.07, 6.45) is 0. The van der Waals surface area contributed by atoms with E-state index in [1.165, 1.54) is 22.5 Å². The smallest absolute Gasteiger partial charge is 0.137 e. The van der Waals surface area contributed by atoms with Crippen LogP contribution in [0.25, 0.3) is 5.82 Å². The molecule has 0 unspecified atom stereocenters. The van der Waals surface area contributed by atoms with Gasteiger partial charge in [0.25, 0.3) is 0 Å². The van der Waals surface area contributed by atoms with Gasteiger partial charge in [0.05, 0.1) is 0 Å². The normalized spacial score (nSPS) is 9.94. The summed E-state index contributed by atoms with van der Waals surface area (Å²) in [6, 6.07) is 6.41. The topological polar surface area (TPSA) is 17.8 Å². The van der Waals surface area contributed by atoms with Gasteiger partial charge in [-0.15, -0.1) is 0 Å². The van der Waals surface area contributed by atoms with Crippen molar-refractivity contribution in [3.05, 3.63) is 46.4 Å². The van der Waals surface area contributed by atoms with Crippen LogP contribution in [0.3, 0.4) is 0 Å². The molecule has 2 aromatic rings. The van der Waals surface area contributed by atoms with Gasteiger partial charge in [0.15, 0.2) is 0 Å². The first-order valence-corrected chi connectivity index (χ1v) is 6.61. The van der Waals surface area contributed by atoms with Crippen LogP contribution < -0.4 is 0 Å². The van der Waals surface area contributed by atoms with E-state index in [1.54, 1.807) is 0 Å². The molecule has 18 heavy (non-hydrogen) atoms. The fraction of sp³-hybridized carbons (Fsp3) is 0.438. The summed E-state index contributed by atoms with van der Waals surface area (Å²) in [6.45, 7) is 14.6. The number of nitrogens with zero attached hydrogens (tertiary/aromatic N) is 2. The van der Waals surface area contributed by atoms with Gasteiger partial charge in [-0.05, 0) is 63.9 Å². The van der Waals surface area contributed by atoms with E-state index < -0.39 is 0 Å². The summed E-state index contributed by atoms with van der Waals surface area (Å²) in [4.78, 5) is 4.66. The number of aromatic nitrogens is 2. The molecule has 98 valence electrons. The molecule has 2 heteroatoms. The van der Waals surface area contributed by atoms with E-state index in [0.717, 1.165) is 11.5 Å². The van der Waals surface area contributed by atoms with Crippen molar-refractivity contribution in [2.45, 2.75) is 48.5 Å². The first-order valence-electron chi connectivity index (χ1n) is 6.61. The van der Waals surface area contributed by atoms with E-state index in [2.05, 4.69) is 62.4 Å². The largest absolute Gasteiger partial charge is 0.303 e. The Hall–Kier alpha value is -1.57. The minimum Gasteiger partial charge on any atom is -0.303 e. The maximum Gasteiger partial charge on any atom is 0.137 e. The van der Waals surface area contributed by atoms with E-state index in [1.807, 2.05) is 13.8 Å². The molecule has 0 radical (unpaired) electrons. The van der Waals surface area contributed by atoms with Gasteiger partial charge in [-0.2, -0.15) is 0 Å². The molecule has 0 spiro atoms. The first kappa shape index (κ1) is 14.5. The molecule has 0 N–H and O–H groups in total. The number of aryl methyl sites for hydroxylation is 4. The van der Waals surface area contributed by atoms with Crippen LogP contribution in [0.15, 0.2) is 18.2 Å². The molecule has 0 fully saturated rings. The minimum absolute atomic E-state index is 1.03. The molecule has 2 nitrogen and oxygen atoms in total. The summed E-state index contributed by atoms with van der Waals surface area (Å²) in [5.74, 6) is 1.03. The monoisotopic (exact) mass is 244 g/mol. The quantitative estimate of drug-likeness (QED) is 0.725. The molecular weight excluding hydrogens is 220 g/mol. The van der Waals surface area contributed by atoms with Crippen molar-refractivity contribution < 1.29 is 0 Å². The van der Waals surface area contributed by atoms with Crippen molar-refractivity contribution in [1.29, 1.82) is 0 Å². The van der Waals surface area contributed by atoms with Gasteiger partial charge in [-0.3, -0.25) is 0 Å². The van der Waals surface area contributed by atoms with Gasteiger partial charge >= 0.3 is 0 Å². The Morgan fingerprint density at radius 1 is 0.889 bits per heavy atom. The lowest BCUT2D eigenvalue weighted by Crippen LogP contribution is -2.04. The fourth-order valence-corrected chi connectivity index (χ4v) is 2.02. The molecule has 0 saturated carbocycles. The van der Waals surface area contributed by atoms with Crippen LogP contribution in [-0.4, -0.2) is 9.55 Å². The summed E-state index contributed by atoms with van der Waals surface area (Å²) in [7, 11) is 0. The van der Waals surface area contributed by atoms with Gasteiger partial charge in [-0.1, -0.05) is 13.8 Å². The summed E-state index contributed by atoms with van der Waals surface area (Å²) in [5, 5.41) is 0. The molecule has 0 aromatic carbocycles. The van der Waals surface area contributed by atoms with E-state index in [9.17, 15) is 0 Å². The summed E-state index contributed by atoms with van der Waals surface area (Å²) < 4.78 is 2.19. The summed E-state index contributed by atoms with van der Waals surface area (Å²) in [5.41, 5.74) is 6.16. The number of pyridine rings is 1. The molecule has 0 aliphatic heterocycles. The van der Waals surface area contributed by atoms with Gasteiger partial charge in [0.1, 0.15) is 5.82 Å². The molecule has 0 aliphatic rings. The lowest BCUT2D eigenvalue weighted by molar-refractivity contribution is 0.903. The molecule has 0 aliphatic carbocycles. The van der Waals surface area contributed by atoms with Crippen LogP contribution in [0.4, 0.5) is 0 Å². The standard InChI is InChI=1S/C14H18N2.C2H6/c1-9-8-14(15-13(5)12(9)4)16-10(2)6-7-11(16)3;1-2/h6-8H,1-5H3;1-2H3. The molecule has 0 saturated heterocycles. The van der Waals surface area contributed by atoms with Crippen LogP contribution in [0.2, 0.25) is 0 Å². The Kier molecular flexibility index (Phi) is 4.71. The third-order valence-corrected chi connectivity index (χ3v) is 3.26. The lowest BCUT2D eigenvalue weighted by atomic mass is 10.1. The second kappa shape index (κ2) is 5.85. The molecular formula is C16H24N2. The second-order valence-corrected chi connectivity index (χ2v) is 4.46. The number of hydrogen-bond donors (Lipinski definition) is 0. The number of rotatable bonds is 1. The van der Waals surface area contributed by atoms with Crippen molar-refractivity contribution in [2.75, 3.05) is 0 Å². The predicted octanol–water partition coefficient (Wildman–Crippen LogP) is 4.44. The van der Waals surface area contributed by atoms with Crippen LogP contribution in [0, 0.1) is 34.6 Å². The molecule has 0 bridgehead atoms. The van der Waals surface area contributed by atoms with Crippen LogP contribution in [-0.2, 0) is 0 Å². The Bertz CT molecular complexity index is 494. The molecule has 0 atom stereocenters. The van der Waals surface area contributed by atoms with Gasteiger partial charge in [0, 0.05) is 17.1 Å². The van der Waals surface area contributed by atoms with Gasteiger partial charge in [0.2, 0.25) is 0 Å². The Labute approximate surface area is 111 Å². The Morgan fingerprint density at radius 3 is 1.83 bits per heavy atom. The SMILES string of the molecule is CC.Cc1cc(-n2c(C)ccc2C)nc(C)c1C. The van der Waals surface area contributed by atoms with Crippen molar-refractivity contribution in [1.82, 2.24) is 9.55 Å². The van der Waals surface area contributed by atoms with Crippen molar-refractivity contribution in [2.24, 2.45) is 0 Å². The fourth-order valence-electron chi connectivity index (χ4n) is 2.02. The maximum absolute atomic E-state index is 4.66. The zero-order chi connectivity index (χ0) is 13.9. The highest BCUT2D eigenvalue weighted by molar-refractivity contribution is 5.39. The zero-order valence-corrected chi connectivity index (χ0v) is 12.6.